The third-order valence-electron chi connectivity index (χ3n) is 5.75. The van der Waals surface area contributed by atoms with Crippen LogP contribution in [-0.4, -0.2) is 31.6 Å². The molecule has 2 aliphatic rings. The molecule has 0 radical (unpaired) electrons. The zero-order chi connectivity index (χ0) is 22.9. The predicted molar refractivity (Wildman–Crippen MR) is 117 cm³/mol. The zero-order valence-corrected chi connectivity index (χ0v) is 17.9. The molecular weight excluding hydrogens is 469 g/mol. The zero-order valence-electron chi connectivity index (χ0n) is 16.4. The number of aromatic hydroxyl groups is 2. The molecule has 1 unspecified atom stereocenters. The summed E-state index contributed by atoms with van der Waals surface area (Å²) in [6.07, 6.45) is 1.41. The van der Waals surface area contributed by atoms with Crippen molar-refractivity contribution in [1.29, 1.82) is 0 Å². The maximum atomic E-state index is 13.0. The Labute approximate surface area is 196 Å². The molecule has 10 heteroatoms. The quantitative estimate of drug-likeness (QED) is 0.373. The molecule has 0 amide bonds. The van der Waals surface area contributed by atoms with Gasteiger partial charge in [-0.05, 0) is 29.5 Å². The Kier molecular flexibility index (Phi) is 4.08. The van der Waals surface area contributed by atoms with Crippen LogP contribution in [0.3, 0.4) is 0 Å². The molecule has 0 bridgehead atoms. The summed E-state index contributed by atoms with van der Waals surface area (Å²) in [5, 5.41) is 31.9. The molecule has 0 aliphatic carbocycles. The second-order valence-electron chi connectivity index (χ2n) is 7.46. The highest BCUT2D eigenvalue weighted by Gasteiger charge is 2.56. The van der Waals surface area contributed by atoms with Crippen LogP contribution < -0.4 is 4.74 Å². The topological polar surface area (TPSA) is 115 Å². The normalized spacial score (nSPS) is 17.7. The van der Waals surface area contributed by atoms with Gasteiger partial charge < -0.3 is 19.7 Å². The Balaban J connectivity index is 1.84. The van der Waals surface area contributed by atoms with Crippen LogP contribution in [-0.2, 0) is 10.3 Å². The predicted octanol–water partition coefficient (Wildman–Crippen LogP) is 4.82. The van der Waals surface area contributed by atoms with Crippen LogP contribution in [0.2, 0.25) is 10.0 Å². The first-order chi connectivity index (χ1) is 15.9. The monoisotopic (exact) mass is 479 g/mol. The summed E-state index contributed by atoms with van der Waals surface area (Å²) in [5.41, 5.74) is 0.491. The summed E-state index contributed by atoms with van der Waals surface area (Å²) in [6.45, 7) is 0. The number of phenolic OH excluding ortho intramolecular Hbond substituents is 2. The van der Waals surface area contributed by atoms with Crippen LogP contribution in [0.5, 0.6) is 23.0 Å². The van der Waals surface area contributed by atoms with Crippen molar-refractivity contribution < 1.29 is 24.5 Å². The van der Waals surface area contributed by atoms with Crippen molar-refractivity contribution in [2.75, 3.05) is 0 Å². The lowest BCUT2D eigenvalue weighted by Gasteiger charge is -2.38. The van der Waals surface area contributed by atoms with Crippen LogP contribution >= 0.6 is 23.2 Å². The van der Waals surface area contributed by atoms with E-state index < -0.39 is 17.3 Å². The number of nitrogens with zero attached hydrogens (tertiary/aromatic N) is 3. The Morgan fingerprint density at radius 1 is 0.970 bits per heavy atom. The van der Waals surface area contributed by atoms with E-state index in [2.05, 4.69) is 15.4 Å². The highest BCUT2D eigenvalue weighted by Crippen LogP contribution is 2.63. The minimum atomic E-state index is -1.55. The number of aromatic nitrogens is 3. The molecule has 162 valence electrons. The number of hydrogen-bond donors (Lipinski definition) is 2. The highest BCUT2D eigenvalue weighted by atomic mass is 35.5. The molecule has 3 aromatic carbocycles. The molecular formula is C23H11Cl2N3O5. The molecule has 6 rings (SSSR count). The maximum Gasteiger partial charge on any atom is 0.340 e. The number of carbonyl (C=O) groups is 1. The number of halogens is 2. The number of esters is 1. The molecule has 0 fully saturated rings. The van der Waals surface area contributed by atoms with Crippen molar-refractivity contribution in [2.45, 2.75) is 5.60 Å². The van der Waals surface area contributed by atoms with E-state index >= 15 is 0 Å². The lowest BCUT2D eigenvalue weighted by Crippen LogP contribution is -2.34. The number of rotatable bonds is 1. The molecule has 8 nitrogen and oxygen atoms in total. The first-order valence-corrected chi connectivity index (χ1v) is 10.4. The summed E-state index contributed by atoms with van der Waals surface area (Å²) in [4.78, 5) is 13.0. The second-order valence-corrected chi connectivity index (χ2v) is 8.22. The van der Waals surface area contributed by atoms with E-state index in [0.29, 0.717) is 16.7 Å². The molecule has 1 spiro atoms. The van der Waals surface area contributed by atoms with E-state index in [1.807, 2.05) is 0 Å². The number of carbonyl (C=O) groups excluding carboxylic acids is 1. The van der Waals surface area contributed by atoms with E-state index in [4.69, 9.17) is 32.7 Å². The van der Waals surface area contributed by atoms with Gasteiger partial charge in [-0.25, -0.2) is 4.79 Å². The molecule has 0 saturated carbocycles. The van der Waals surface area contributed by atoms with Gasteiger partial charge in [-0.1, -0.05) is 41.4 Å². The lowest BCUT2D eigenvalue weighted by molar-refractivity contribution is 0.0226. The maximum absolute atomic E-state index is 13.0. The van der Waals surface area contributed by atoms with Gasteiger partial charge in [0, 0.05) is 22.8 Å². The number of benzene rings is 3. The van der Waals surface area contributed by atoms with Gasteiger partial charge in [0.05, 0.1) is 28.0 Å². The van der Waals surface area contributed by atoms with Gasteiger partial charge in [0.2, 0.25) is 0 Å². The van der Waals surface area contributed by atoms with Gasteiger partial charge in [0.1, 0.15) is 16.5 Å². The van der Waals surface area contributed by atoms with Crippen molar-refractivity contribution in [1.82, 2.24) is 15.4 Å². The van der Waals surface area contributed by atoms with Crippen molar-refractivity contribution >= 4 is 29.2 Å². The molecule has 0 saturated heterocycles. The molecule has 2 N–H and O–H groups in total. The first kappa shape index (κ1) is 19.8. The molecule has 3 heterocycles. The van der Waals surface area contributed by atoms with E-state index in [-0.39, 0.29) is 44.1 Å². The van der Waals surface area contributed by atoms with Gasteiger partial charge in [0.25, 0.3) is 0 Å². The Morgan fingerprint density at radius 2 is 1.79 bits per heavy atom. The number of fused-ring (bicyclic) bond motifs is 6. The smallest absolute Gasteiger partial charge is 0.340 e. The summed E-state index contributed by atoms with van der Waals surface area (Å²) < 4.78 is 12.2. The van der Waals surface area contributed by atoms with E-state index in [1.54, 1.807) is 36.4 Å². The molecule has 33 heavy (non-hydrogen) atoms. The average Bonchev–Trinajstić information content (AvgIpc) is 3.12. The Morgan fingerprint density at radius 3 is 2.58 bits per heavy atom. The van der Waals surface area contributed by atoms with Gasteiger partial charge in [-0.15, -0.1) is 10.2 Å². The van der Waals surface area contributed by atoms with Crippen LogP contribution in [0.1, 0.15) is 27.0 Å². The Bertz CT molecular complexity index is 1500. The summed E-state index contributed by atoms with van der Waals surface area (Å²) in [7, 11) is 0. The second kappa shape index (κ2) is 6.81. The fraction of sp³-hybridized carbons (Fsp3) is 0.0435. The van der Waals surface area contributed by atoms with E-state index in [0.717, 1.165) is 0 Å². The van der Waals surface area contributed by atoms with Crippen LogP contribution in [0.4, 0.5) is 0 Å². The van der Waals surface area contributed by atoms with Crippen LogP contribution in [0.15, 0.2) is 54.7 Å². The minimum absolute atomic E-state index is 0.00906. The van der Waals surface area contributed by atoms with Crippen LogP contribution in [0, 0.1) is 0 Å². The third-order valence-corrected chi connectivity index (χ3v) is 6.47. The van der Waals surface area contributed by atoms with Gasteiger partial charge in [-0.3, -0.25) is 0 Å². The van der Waals surface area contributed by atoms with Gasteiger partial charge in [-0.2, -0.15) is 0 Å². The highest BCUT2D eigenvalue weighted by molar-refractivity contribution is 6.40. The average molecular weight is 480 g/mol. The fourth-order valence-corrected chi connectivity index (χ4v) is 5.00. The van der Waals surface area contributed by atoms with Crippen molar-refractivity contribution in [3.63, 3.8) is 0 Å². The lowest BCUT2D eigenvalue weighted by atomic mass is 9.75. The number of phenols is 2. The molecule has 1 aromatic heterocycles. The van der Waals surface area contributed by atoms with Crippen molar-refractivity contribution in [3.05, 3.63) is 87.0 Å². The van der Waals surface area contributed by atoms with Gasteiger partial charge in [0.15, 0.2) is 17.1 Å². The fourth-order valence-electron chi connectivity index (χ4n) is 4.44. The minimum Gasteiger partial charge on any atom is -0.508 e. The standard InChI is InChI=1S/C23H11Cl2N3O5/c24-18-16(14-7-8-26-28-27-14)17-21(19(25)20(18)30)32-15-9-10(29)5-6-13(15)23(17)12-4-2-1-3-11(12)22(31)33-23/h1-9,29-30H. The first-order valence-electron chi connectivity index (χ1n) is 9.66. The summed E-state index contributed by atoms with van der Waals surface area (Å²) in [6, 6.07) is 12.9. The van der Waals surface area contributed by atoms with E-state index in [9.17, 15) is 15.0 Å². The number of ether oxygens (including phenoxy) is 2. The van der Waals surface area contributed by atoms with Gasteiger partial charge >= 0.3 is 5.97 Å². The molecule has 4 aromatic rings. The Hall–Kier alpha value is -3.88. The third kappa shape index (κ3) is 2.53. The number of hydrogen-bond acceptors (Lipinski definition) is 8. The summed E-state index contributed by atoms with van der Waals surface area (Å²) in [5.74, 6) is -0.872. The van der Waals surface area contributed by atoms with Crippen LogP contribution in [0.25, 0.3) is 11.3 Å². The SMILES string of the molecule is O=C1OC2(c3ccc(O)cc3Oc3c(Cl)c(O)c(Cl)c(-c4ccnnn4)c32)c2ccccc21. The van der Waals surface area contributed by atoms with E-state index in [1.165, 1.54) is 18.3 Å². The largest absolute Gasteiger partial charge is 0.508 e. The molecule has 2 aliphatic heterocycles. The molecule has 1 atom stereocenters. The van der Waals surface area contributed by atoms with Crippen molar-refractivity contribution in [3.8, 4) is 34.3 Å². The van der Waals surface area contributed by atoms with Crippen molar-refractivity contribution in [2.24, 2.45) is 0 Å². The summed E-state index contributed by atoms with van der Waals surface area (Å²) >= 11 is 13.1.